The van der Waals surface area contributed by atoms with Gasteiger partial charge in [-0.3, -0.25) is 4.79 Å². The number of nitrogens with zero attached hydrogens (tertiary/aromatic N) is 1. The van der Waals surface area contributed by atoms with Crippen molar-refractivity contribution in [2.45, 2.75) is 39.2 Å². The smallest absolute Gasteiger partial charge is 0.341 e. The number of carboxylic acids is 1. The number of fused-ring (bicyclic) bond motifs is 3. The summed E-state index contributed by atoms with van der Waals surface area (Å²) in [5.41, 5.74) is -0.0463. The van der Waals surface area contributed by atoms with Crippen LogP contribution < -0.4 is 10.2 Å². The molecule has 1 fully saturated rings. The molecule has 2 aromatic rings. The third-order valence-electron chi connectivity index (χ3n) is 6.55. The first kappa shape index (κ1) is 21.5. The van der Waals surface area contributed by atoms with Crippen molar-refractivity contribution in [1.82, 2.24) is 4.57 Å². The number of aromatic nitrogens is 1. The molecule has 1 N–H and O–H groups in total. The second-order valence-corrected chi connectivity index (χ2v) is 8.86. The van der Waals surface area contributed by atoms with E-state index in [1.54, 1.807) is 10.6 Å². The molecule has 166 valence electrons. The minimum Gasteiger partial charge on any atom is -0.493 e. The highest BCUT2D eigenvalue weighted by Gasteiger charge is 2.38. The summed E-state index contributed by atoms with van der Waals surface area (Å²) < 4.78 is 40.4. The van der Waals surface area contributed by atoms with Crippen LogP contribution in [0.1, 0.15) is 48.7 Å². The summed E-state index contributed by atoms with van der Waals surface area (Å²) in [6.45, 7) is 7.42. The molecule has 0 saturated carbocycles. The van der Waals surface area contributed by atoms with E-state index in [9.17, 15) is 23.5 Å². The molecular formula is C23H25F2NO5. The molecule has 4 rings (SSSR count). The lowest BCUT2D eigenvalue weighted by molar-refractivity contribution is -0.0512. The minimum atomic E-state index is -2.75. The average Bonchev–Trinajstić information content (AvgIpc) is 2.65. The molecule has 1 aromatic carbocycles. The number of hydrogen-bond acceptors (Lipinski definition) is 4. The van der Waals surface area contributed by atoms with Crippen LogP contribution in [0.4, 0.5) is 8.78 Å². The first-order valence-corrected chi connectivity index (χ1v) is 10.3. The number of rotatable bonds is 6. The summed E-state index contributed by atoms with van der Waals surface area (Å²) in [5.74, 6) is -0.898. The Bertz CT molecular complexity index is 1090. The molecule has 8 heteroatoms. The van der Waals surface area contributed by atoms with Crippen LogP contribution in [0.25, 0.3) is 11.3 Å². The number of carboxylic acid groups (broad SMARTS) is 1. The van der Waals surface area contributed by atoms with E-state index in [0.717, 1.165) is 5.56 Å². The Morgan fingerprint density at radius 1 is 1.32 bits per heavy atom. The average molecular weight is 433 g/mol. The van der Waals surface area contributed by atoms with Gasteiger partial charge in [-0.2, -0.15) is 0 Å². The normalized spacial score (nSPS) is 20.4. The van der Waals surface area contributed by atoms with E-state index >= 15 is 0 Å². The van der Waals surface area contributed by atoms with Crippen LogP contribution in [0, 0.1) is 11.8 Å². The van der Waals surface area contributed by atoms with Crippen LogP contribution in [0.3, 0.4) is 0 Å². The van der Waals surface area contributed by atoms with E-state index in [1.807, 2.05) is 20.8 Å². The van der Waals surface area contributed by atoms with E-state index in [1.165, 1.54) is 18.3 Å². The van der Waals surface area contributed by atoms with Gasteiger partial charge in [-0.15, -0.1) is 0 Å². The fourth-order valence-electron chi connectivity index (χ4n) is 4.18. The minimum absolute atomic E-state index is 0.0785. The number of alkyl halides is 2. The van der Waals surface area contributed by atoms with Crippen molar-refractivity contribution >= 4 is 5.97 Å². The Labute approximate surface area is 178 Å². The second kappa shape index (κ2) is 7.75. The number of pyridine rings is 1. The molecule has 6 nitrogen and oxygen atoms in total. The highest BCUT2D eigenvalue weighted by molar-refractivity contribution is 5.88. The quantitative estimate of drug-likeness (QED) is 0.742. The summed E-state index contributed by atoms with van der Waals surface area (Å²) in [6.07, 6.45) is -0.928. The van der Waals surface area contributed by atoms with Crippen LogP contribution in [0.15, 0.2) is 29.2 Å². The van der Waals surface area contributed by atoms with Gasteiger partial charge in [0.15, 0.2) is 5.43 Å². The fraction of sp³-hybridized carbons (Fsp3) is 0.478. The zero-order valence-corrected chi connectivity index (χ0v) is 17.7. The maximum atomic E-state index is 13.9. The summed E-state index contributed by atoms with van der Waals surface area (Å²) in [4.78, 5) is 24.0. The summed E-state index contributed by atoms with van der Waals surface area (Å²) in [7, 11) is 0. The molecule has 0 amide bonds. The molecule has 0 aliphatic carbocycles. The number of hydrogen-bond donors (Lipinski definition) is 1. The van der Waals surface area contributed by atoms with Gasteiger partial charge in [-0.05, 0) is 37.0 Å². The van der Waals surface area contributed by atoms with Crippen molar-refractivity contribution in [3.8, 4) is 17.0 Å². The van der Waals surface area contributed by atoms with Crippen LogP contribution in [-0.4, -0.2) is 35.5 Å². The van der Waals surface area contributed by atoms with Crippen LogP contribution in [0.5, 0.6) is 5.75 Å². The molecule has 2 aliphatic heterocycles. The fourth-order valence-corrected chi connectivity index (χ4v) is 4.18. The van der Waals surface area contributed by atoms with Gasteiger partial charge in [0.25, 0.3) is 6.43 Å². The van der Waals surface area contributed by atoms with E-state index in [4.69, 9.17) is 9.47 Å². The molecule has 3 heterocycles. The van der Waals surface area contributed by atoms with Crippen molar-refractivity contribution in [1.29, 1.82) is 0 Å². The molecule has 31 heavy (non-hydrogen) atoms. The largest absolute Gasteiger partial charge is 0.493 e. The summed E-state index contributed by atoms with van der Waals surface area (Å²) in [6, 6.07) is 4.26. The van der Waals surface area contributed by atoms with Crippen LogP contribution in [-0.2, 0) is 16.7 Å². The Morgan fingerprint density at radius 3 is 2.58 bits per heavy atom. The molecule has 2 aliphatic rings. The lowest BCUT2D eigenvalue weighted by atomic mass is 9.76. The van der Waals surface area contributed by atoms with Gasteiger partial charge in [0, 0.05) is 29.3 Å². The van der Waals surface area contributed by atoms with Gasteiger partial charge < -0.3 is 19.1 Å². The first-order chi connectivity index (χ1) is 14.6. The van der Waals surface area contributed by atoms with Crippen LogP contribution in [0.2, 0.25) is 0 Å². The number of halogens is 2. The van der Waals surface area contributed by atoms with Crippen molar-refractivity contribution in [3.05, 3.63) is 51.3 Å². The standard InChI is InChI=1S/C23H25F2NO5/c1-12(2)23(3)7-14-4-20(31-11-13-9-30-10-13)16(21(24)25)5-15(14)18-6-19(27)17(22(28)29)8-26(18)23/h4-6,8,12-13,21H,7,9-11H2,1-3H3,(H,28,29). The number of aromatic carboxylic acids is 1. The molecule has 1 unspecified atom stereocenters. The highest BCUT2D eigenvalue weighted by atomic mass is 19.3. The van der Waals surface area contributed by atoms with Gasteiger partial charge in [-0.1, -0.05) is 13.8 Å². The number of benzene rings is 1. The Balaban J connectivity index is 1.89. The topological polar surface area (TPSA) is 77.8 Å². The van der Waals surface area contributed by atoms with Crippen molar-refractivity contribution in [2.24, 2.45) is 11.8 Å². The first-order valence-electron chi connectivity index (χ1n) is 10.3. The molecular weight excluding hydrogens is 408 g/mol. The zero-order valence-electron chi connectivity index (χ0n) is 17.7. The van der Waals surface area contributed by atoms with Crippen LogP contribution >= 0.6 is 0 Å². The molecule has 0 bridgehead atoms. The van der Waals surface area contributed by atoms with Gasteiger partial charge in [0.2, 0.25) is 0 Å². The van der Waals surface area contributed by atoms with E-state index in [2.05, 4.69) is 0 Å². The Hall–Kier alpha value is -2.74. The van der Waals surface area contributed by atoms with E-state index in [-0.39, 0.29) is 28.7 Å². The number of ether oxygens (including phenoxy) is 2. The monoisotopic (exact) mass is 433 g/mol. The molecule has 0 spiro atoms. The third kappa shape index (κ3) is 3.63. The molecule has 1 aromatic heterocycles. The maximum Gasteiger partial charge on any atom is 0.341 e. The van der Waals surface area contributed by atoms with Gasteiger partial charge in [0.05, 0.1) is 31.1 Å². The third-order valence-corrected chi connectivity index (χ3v) is 6.55. The zero-order chi connectivity index (χ0) is 22.5. The summed E-state index contributed by atoms with van der Waals surface area (Å²) >= 11 is 0. The summed E-state index contributed by atoms with van der Waals surface area (Å²) in [5, 5.41) is 9.42. The maximum absolute atomic E-state index is 13.9. The lowest BCUT2D eigenvalue weighted by Crippen LogP contribution is -2.42. The number of carbonyl (C=O) groups is 1. The van der Waals surface area contributed by atoms with Crippen molar-refractivity contribution in [2.75, 3.05) is 19.8 Å². The van der Waals surface area contributed by atoms with Gasteiger partial charge >= 0.3 is 5.97 Å². The molecule has 1 atom stereocenters. The second-order valence-electron chi connectivity index (χ2n) is 8.86. The molecule has 0 radical (unpaired) electrons. The van der Waals surface area contributed by atoms with E-state index < -0.39 is 23.4 Å². The van der Waals surface area contributed by atoms with Gasteiger partial charge in [-0.25, -0.2) is 13.6 Å². The Morgan fingerprint density at radius 2 is 2.03 bits per heavy atom. The van der Waals surface area contributed by atoms with Crippen molar-refractivity contribution < 1.29 is 28.2 Å². The predicted octanol–water partition coefficient (Wildman–Crippen LogP) is 4.10. The van der Waals surface area contributed by atoms with Crippen molar-refractivity contribution in [3.63, 3.8) is 0 Å². The van der Waals surface area contributed by atoms with E-state index in [0.29, 0.717) is 37.5 Å². The predicted molar refractivity (Wildman–Crippen MR) is 110 cm³/mol. The molecule has 1 saturated heterocycles. The lowest BCUT2D eigenvalue weighted by Gasteiger charge is -2.43. The van der Waals surface area contributed by atoms with Gasteiger partial charge in [0.1, 0.15) is 11.3 Å². The Kier molecular flexibility index (Phi) is 5.37. The highest BCUT2D eigenvalue weighted by Crippen LogP contribution is 2.45. The SMILES string of the molecule is CC(C)C1(C)Cc2cc(OCC3COC3)c(C(F)F)cc2-c2cc(=O)c(C(=O)O)cn21.